The Morgan fingerprint density at radius 2 is 2.06 bits per heavy atom. The van der Waals surface area contributed by atoms with Gasteiger partial charge in [-0.25, -0.2) is 4.39 Å². The standard InChI is InChI=1S/C14H16FNO/c1-3-12(16)14-7-6-13(17-14)10-5-4-9(2)8-11(10)15/h4-8,12H,3,16H2,1-2H3. The first kappa shape index (κ1) is 11.9. The SMILES string of the molecule is CCC(N)c1ccc(-c2ccc(C)cc2F)o1. The quantitative estimate of drug-likeness (QED) is 0.875. The van der Waals surface area contributed by atoms with Gasteiger partial charge in [-0.05, 0) is 43.2 Å². The lowest BCUT2D eigenvalue weighted by molar-refractivity contribution is 0.467. The van der Waals surface area contributed by atoms with Crippen LogP contribution in [0.5, 0.6) is 0 Å². The molecule has 3 heteroatoms. The van der Waals surface area contributed by atoms with E-state index in [0.717, 1.165) is 12.0 Å². The number of hydrogen-bond donors (Lipinski definition) is 1. The Kier molecular flexibility index (Phi) is 3.29. The van der Waals surface area contributed by atoms with Crippen LogP contribution in [0, 0.1) is 12.7 Å². The minimum atomic E-state index is -0.268. The van der Waals surface area contributed by atoms with Crippen LogP contribution in [0.2, 0.25) is 0 Å². The highest BCUT2D eigenvalue weighted by Crippen LogP contribution is 2.28. The molecule has 0 fully saturated rings. The second-order valence-electron chi connectivity index (χ2n) is 4.20. The summed E-state index contributed by atoms with van der Waals surface area (Å²) >= 11 is 0. The largest absolute Gasteiger partial charge is 0.459 e. The summed E-state index contributed by atoms with van der Waals surface area (Å²) in [6.07, 6.45) is 0.795. The average molecular weight is 233 g/mol. The molecule has 17 heavy (non-hydrogen) atoms. The molecule has 90 valence electrons. The van der Waals surface area contributed by atoms with Gasteiger partial charge in [0.1, 0.15) is 17.3 Å². The molecule has 0 saturated heterocycles. The van der Waals surface area contributed by atoms with Gasteiger partial charge in [-0.3, -0.25) is 0 Å². The molecule has 2 nitrogen and oxygen atoms in total. The summed E-state index contributed by atoms with van der Waals surface area (Å²) in [7, 11) is 0. The van der Waals surface area contributed by atoms with Crippen molar-refractivity contribution in [1.29, 1.82) is 0 Å². The van der Waals surface area contributed by atoms with Gasteiger partial charge in [-0.15, -0.1) is 0 Å². The smallest absolute Gasteiger partial charge is 0.137 e. The number of rotatable bonds is 3. The molecular formula is C14H16FNO. The van der Waals surface area contributed by atoms with Crippen molar-refractivity contribution >= 4 is 0 Å². The molecule has 0 saturated carbocycles. The Balaban J connectivity index is 2.37. The first-order chi connectivity index (χ1) is 8.11. The average Bonchev–Trinajstić information content (AvgIpc) is 2.77. The number of halogens is 1. The molecule has 0 aliphatic carbocycles. The Morgan fingerprint density at radius 3 is 2.71 bits per heavy atom. The third kappa shape index (κ3) is 2.39. The molecule has 2 rings (SSSR count). The number of furan rings is 1. The van der Waals surface area contributed by atoms with E-state index in [-0.39, 0.29) is 11.9 Å². The molecule has 2 N–H and O–H groups in total. The van der Waals surface area contributed by atoms with E-state index in [1.54, 1.807) is 12.1 Å². The second-order valence-corrected chi connectivity index (χ2v) is 4.20. The normalized spacial score (nSPS) is 12.7. The lowest BCUT2D eigenvalue weighted by Gasteiger charge is -2.04. The third-order valence-corrected chi connectivity index (χ3v) is 2.82. The van der Waals surface area contributed by atoms with E-state index in [0.29, 0.717) is 17.1 Å². The summed E-state index contributed by atoms with van der Waals surface area (Å²) in [6, 6.07) is 8.53. The molecule has 1 heterocycles. The fourth-order valence-electron chi connectivity index (χ4n) is 1.72. The van der Waals surface area contributed by atoms with E-state index in [4.69, 9.17) is 10.2 Å². The summed E-state index contributed by atoms with van der Waals surface area (Å²) in [6.45, 7) is 3.84. The first-order valence-electron chi connectivity index (χ1n) is 5.73. The monoisotopic (exact) mass is 233 g/mol. The zero-order chi connectivity index (χ0) is 12.4. The van der Waals surface area contributed by atoms with E-state index in [9.17, 15) is 4.39 Å². The molecule has 0 aliphatic rings. The topological polar surface area (TPSA) is 39.2 Å². The predicted molar refractivity (Wildman–Crippen MR) is 66.1 cm³/mol. The predicted octanol–water partition coefficient (Wildman–Crippen LogP) is 3.80. The summed E-state index contributed by atoms with van der Waals surface area (Å²) in [5.74, 6) is 0.958. The molecule has 1 aromatic carbocycles. The molecule has 0 amide bonds. The van der Waals surface area contributed by atoms with Gasteiger partial charge in [0, 0.05) is 0 Å². The van der Waals surface area contributed by atoms with E-state index >= 15 is 0 Å². The van der Waals surface area contributed by atoms with Crippen LogP contribution >= 0.6 is 0 Å². The lowest BCUT2D eigenvalue weighted by Crippen LogP contribution is -2.06. The van der Waals surface area contributed by atoms with Gasteiger partial charge in [-0.1, -0.05) is 13.0 Å². The maximum Gasteiger partial charge on any atom is 0.137 e. The van der Waals surface area contributed by atoms with Crippen LogP contribution < -0.4 is 5.73 Å². The Bertz CT molecular complexity index is 519. The summed E-state index contributed by atoms with van der Waals surface area (Å²) in [5.41, 5.74) is 7.23. The van der Waals surface area contributed by atoms with E-state index in [2.05, 4.69) is 0 Å². The highest BCUT2D eigenvalue weighted by molar-refractivity contribution is 5.59. The summed E-state index contributed by atoms with van der Waals surface area (Å²) in [4.78, 5) is 0. The molecule has 0 spiro atoms. The van der Waals surface area contributed by atoms with Crippen molar-refractivity contribution in [2.24, 2.45) is 5.73 Å². The van der Waals surface area contributed by atoms with E-state index in [1.807, 2.05) is 26.0 Å². The first-order valence-corrected chi connectivity index (χ1v) is 5.73. The van der Waals surface area contributed by atoms with Crippen LogP contribution in [-0.2, 0) is 0 Å². The van der Waals surface area contributed by atoms with E-state index in [1.165, 1.54) is 6.07 Å². The van der Waals surface area contributed by atoms with Crippen LogP contribution in [0.1, 0.15) is 30.7 Å². The minimum Gasteiger partial charge on any atom is -0.459 e. The van der Waals surface area contributed by atoms with Gasteiger partial charge >= 0.3 is 0 Å². The fourth-order valence-corrected chi connectivity index (χ4v) is 1.72. The Labute approximate surface area is 100 Å². The van der Waals surface area contributed by atoms with Gasteiger partial charge in [-0.2, -0.15) is 0 Å². The molecule has 1 unspecified atom stereocenters. The van der Waals surface area contributed by atoms with Gasteiger partial charge in [0.15, 0.2) is 0 Å². The minimum absolute atomic E-state index is 0.128. The van der Waals surface area contributed by atoms with Gasteiger partial charge in [0.25, 0.3) is 0 Å². The Hall–Kier alpha value is -1.61. The number of benzene rings is 1. The van der Waals surface area contributed by atoms with Crippen molar-refractivity contribution in [2.45, 2.75) is 26.3 Å². The van der Waals surface area contributed by atoms with Crippen molar-refractivity contribution in [3.05, 3.63) is 47.5 Å². The second kappa shape index (κ2) is 4.72. The van der Waals surface area contributed by atoms with Crippen molar-refractivity contribution in [3.8, 4) is 11.3 Å². The molecule has 0 radical (unpaired) electrons. The van der Waals surface area contributed by atoms with Crippen LogP contribution in [0.25, 0.3) is 11.3 Å². The molecule has 0 aliphatic heterocycles. The number of nitrogens with two attached hydrogens (primary N) is 1. The Morgan fingerprint density at radius 1 is 1.29 bits per heavy atom. The van der Waals surface area contributed by atoms with Crippen molar-refractivity contribution in [2.75, 3.05) is 0 Å². The van der Waals surface area contributed by atoms with Crippen LogP contribution in [0.4, 0.5) is 4.39 Å². The highest BCUT2D eigenvalue weighted by atomic mass is 19.1. The maximum atomic E-state index is 13.7. The highest BCUT2D eigenvalue weighted by Gasteiger charge is 2.12. The van der Waals surface area contributed by atoms with Crippen LogP contribution in [-0.4, -0.2) is 0 Å². The van der Waals surface area contributed by atoms with Gasteiger partial charge in [0.2, 0.25) is 0 Å². The number of hydrogen-bond acceptors (Lipinski definition) is 2. The molecule has 0 bridgehead atoms. The summed E-state index contributed by atoms with van der Waals surface area (Å²) in [5, 5.41) is 0. The van der Waals surface area contributed by atoms with Crippen LogP contribution in [0.15, 0.2) is 34.7 Å². The van der Waals surface area contributed by atoms with Crippen molar-refractivity contribution in [3.63, 3.8) is 0 Å². The van der Waals surface area contributed by atoms with E-state index < -0.39 is 0 Å². The van der Waals surface area contributed by atoms with Crippen LogP contribution in [0.3, 0.4) is 0 Å². The van der Waals surface area contributed by atoms with Gasteiger partial charge in [0.05, 0.1) is 11.6 Å². The molecule has 2 aromatic rings. The lowest BCUT2D eigenvalue weighted by atomic mass is 10.1. The third-order valence-electron chi connectivity index (χ3n) is 2.82. The maximum absolute atomic E-state index is 13.7. The zero-order valence-corrected chi connectivity index (χ0v) is 10.0. The van der Waals surface area contributed by atoms with Gasteiger partial charge < -0.3 is 10.2 Å². The van der Waals surface area contributed by atoms with Crippen molar-refractivity contribution in [1.82, 2.24) is 0 Å². The molecule has 1 aromatic heterocycles. The fraction of sp³-hybridized carbons (Fsp3) is 0.286. The molecule has 1 atom stereocenters. The zero-order valence-electron chi connectivity index (χ0n) is 10.0. The molecular weight excluding hydrogens is 217 g/mol. The number of aryl methyl sites for hydroxylation is 1. The van der Waals surface area contributed by atoms with Crippen molar-refractivity contribution < 1.29 is 8.81 Å². The summed E-state index contributed by atoms with van der Waals surface area (Å²) < 4.78 is 19.3.